The van der Waals surface area contributed by atoms with E-state index in [-0.39, 0.29) is 0 Å². The van der Waals surface area contributed by atoms with Gasteiger partial charge in [-0.05, 0) is 62.4 Å². The second-order valence-electron chi connectivity index (χ2n) is 5.45. The Hall–Kier alpha value is -2.44. The third-order valence-corrected chi connectivity index (χ3v) is 5.42. The van der Waals surface area contributed by atoms with E-state index in [2.05, 4.69) is 13.2 Å². The molecule has 0 unspecified atom stereocenters. The van der Waals surface area contributed by atoms with Gasteiger partial charge >= 0.3 is 11.9 Å². The zero-order chi connectivity index (χ0) is 21.1. The molecule has 0 saturated heterocycles. The van der Waals surface area contributed by atoms with Gasteiger partial charge in [-0.2, -0.15) is 0 Å². The van der Waals surface area contributed by atoms with E-state index in [4.69, 9.17) is 9.47 Å². The standard InChI is InChI=1S/C20H18O4S2.C2H6/c1-13(2)19(21)23-15-5-9-17(10-6-15)25-26-18-11-7-16(8-12-18)24-20(22)14(3)4;1-2/h5-12H,1,3H2,2,4H3;1-2H3. The molecule has 0 atom stereocenters. The van der Waals surface area contributed by atoms with Crippen LogP contribution in [-0.2, 0) is 9.59 Å². The zero-order valence-corrected chi connectivity index (χ0v) is 18.1. The third kappa shape index (κ3) is 8.06. The van der Waals surface area contributed by atoms with Crippen LogP contribution in [0.1, 0.15) is 27.7 Å². The molecule has 0 N–H and O–H groups in total. The van der Waals surface area contributed by atoms with E-state index >= 15 is 0 Å². The molecule has 2 aromatic carbocycles. The van der Waals surface area contributed by atoms with Crippen LogP contribution in [-0.4, -0.2) is 11.9 Å². The molecular formula is C22H24O4S2. The van der Waals surface area contributed by atoms with E-state index in [1.165, 1.54) is 0 Å². The summed E-state index contributed by atoms with van der Waals surface area (Å²) in [6.45, 7) is 14.3. The Morgan fingerprint density at radius 1 is 0.679 bits per heavy atom. The Bertz CT molecular complexity index is 753. The van der Waals surface area contributed by atoms with Crippen molar-refractivity contribution in [3.63, 3.8) is 0 Å². The van der Waals surface area contributed by atoms with E-state index in [0.29, 0.717) is 22.6 Å². The quantitative estimate of drug-likeness (QED) is 0.223. The van der Waals surface area contributed by atoms with Crippen molar-refractivity contribution in [2.45, 2.75) is 37.5 Å². The first-order chi connectivity index (χ1) is 13.3. The van der Waals surface area contributed by atoms with Crippen molar-refractivity contribution in [2.24, 2.45) is 0 Å². The van der Waals surface area contributed by atoms with Crippen LogP contribution in [0.4, 0.5) is 0 Å². The Morgan fingerprint density at radius 2 is 0.964 bits per heavy atom. The van der Waals surface area contributed by atoms with E-state index in [9.17, 15) is 9.59 Å². The van der Waals surface area contributed by atoms with Crippen LogP contribution in [0.3, 0.4) is 0 Å². The summed E-state index contributed by atoms with van der Waals surface area (Å²) in [5.41, 5.74) is 0.716. The number of carbonyl (C=O) groups excluding carboxylic acids is 2. The van der Waals surface area contributed by atoms with Gasteiger partial charge < -0.3 is 9.47 Å². The Morgan fingerprint density at radius 3 is 1.21 bits per heavy atom. The number of ether oxygens (including phenoxy) is 2. The molecule has 0 amide bonds. The maximum absolute atomic E-state index is 11.5. The first kappa shape index (κ1) is 23.6. The third-order valence-electron chi connectivity index (χ3n) is 3.00. The smallest absolute Gasteiger partial charge is 0.338 e. The SMILES string of the molecule is C=C(C)C(=O)Oc1ccc(SSc2ccc(OC(=O)C(=C)C)cc2)cc1.CC. The average molecular weight is 417 g/mol. The predicted octanol–water partition coefficient (Wildman–Crippen LogP) is 6.48. The van der Waals surface area contributed by atoms with Gasteiger partial charge in [-0.1, -0.05) is 48.6 Å². The van der Waals surface area contributed by atoms with Crippen LogP contribution in [0.15, 0.2) is 82.6 Å². The Balaban J connectivity index is 0.00000190. The molecule has 0 bridgehead atoms. The molecule has 0 fully saturated rings. The fraction of sp³-hybridized carbons (Fsp3) is 0.182. The molecule has 28 heavy (non-hydrogen) atoms. The van der Waals surface area contributed by atoms with Gasteiger partial charge in [-0.3, -0.25) is 0 Å². The summed E-state index contributed by atoms with van der Waals surface area (Å²) in [7, 11) is 3.14. The zero-order valence-electron chi connectivity index (χ0n) is 16.5. The summed E-state index contributed by atoms with van der Waals surface area (Å²) in [6.07, 6.45) is 0. The lowest BCUT2D eigenvalue weighted by atomic mass is 10.3. The normalized spacial score (nSPS) is 9.57. The molecule has 148 valence electrons. The number of hydrogen-bond donors (Lipinski definition) is 0. The topological polar surface area (TPSA) is 52.6 Å². The van der Waals surface area contributed by atoms with E-state index in [0.717, 1.165) is 9.79 Å². The first-order valence-electron chi connectivity index (χ1n) is 8.65. The van der Waals surface area contributed by atoms with Gasteiger partial charge in [-0.25, -0.2) is 9.59 Å². The maximum Gasteiger partial charge on any atom is 0.338 e. The second-order valence-corrected chi connectivity index (χ2v) is 7.73. The predicted molar refractivity (Wildman–Crippen MR) is 117 cm³/mol. The van der Waals surface area contributed by atoms with Gasteiger partial charge in [0.25, 0.3) is 0 Å². The minimum absolute atomic E-state index is 0.358. The van der Waals surface area contributed by atoms with Crippen LogP contribution in [0.2, 0.25) is 0 Å². The number of esters is 2. The monoisotopic (exact) mass is 416 g/mol. The highest BCUT2D eigenvalue weighted by Crippen LogP contribution is 2.38. The van der Waals surface area contributed by atoms with Crippen molar-refractivity contribution in [3.05, 3.63) is 72.8 Å². The highest BCUT2D eigenvalue weighted by molar-refractivity contribution is 8.76. The van der Waals surface area contributed by atoms with Gasteiger partial charge in [0.15, 0.2) is 0 Å². The van der Waals surface area contributed by atoms with Crippen molar-refractivity contribution < 1.29 is 19.1 Å². The molecule has 0 aromatic heterocycles. The van der Waals surface area contributed by atoms with Crippen molar-refractivity contribution in [3.8, 4) is 11.5 Å². The summed E-state index contributed by atoms with van der Waals surface area (Å²) >= 11 is 0. The number of carbonyl (C=O) groups is 2. The first-order valence-corrected chi connectivity index (χ1v) is 10.8. The van der Waals surface area contributed by atoms with E-state index in [1.54, 1.807) is 59.7 Å². The van der Waals surface area contributed by atoms with Crippen LogP contribution in [0, 0.1) is 0 Å². The largest absolute Gasteiger partial charge is 0.423 e. The van der Waals surface area contributed by atoms with Crippen LogP contribution in [0.25, 0.3) is 0 Å². The molecule has 0 aliphatic rings. The summed E-state index contributed by atoms with van der Waals surface area (Å²) in [4.78, 5) is 25.0. The molecule has 0 radical (unpaired) electrons. The minimum atomic E-state index is -0.438. The molecule has 0 aliphatic heterocycles. The molecule has 0 heterocycles. The second kappa shape index (κ2) is 12.1. The summed E-state index contributed by atoms with van der Waals surface area (Å²) in [6, 6.07) is 14.5. The van der Waals surface area contributed by atoms with Gasteiger partial charge in [0, 0.05) is 20.9 Å². The van der Waals surface area contributed by atoms with Crippen LogP contribution in [0.5, 0.6) is 11.5 Å². The molecule has 0 aliphatic carbocycles. The van der Waals surface area contributed by atoms with Gasteiger partial charge in [0.1, 0.15) is 11.5 Å². The van der Waals surface area contributed by atoms with Crippen molar-refractivity contribution in [2.75, 3.05) is 0 Å². The maximum atomic E-state index is 11.5. The summed E-state index contributed by atoms with van der Waals surface area (Å²) in [5, 5.41) is 0. The fourth-order valence-corrected chi connectivity index (χ4v) is 3.54. The van der Waals surface area contributed by atoms with Crippen molar-refractivity contribution >= 4 is 33.5 Å². The van der Waals surface area contributed by atoms with Gasteiger partial charge in [-0.15, -0.1) is 0 Å². The van der Waals surface area contributed by atoms with Gasteiger partial charge in [0.05, 0.1) is 0 Å². The number of hydrogen-bond acceptors (Lipinski definition) is 6. The van der Waals surface area contributed by atoms with Gasteiger partial charge in [0.2, 0.25) is 0 Å². The molecule has 4 nitrogen and oxygen atoms in total. The lowest BCUT2D eigenvalue weighted by molar-refractivity contribution is -0.130. The van der Waals surface area contributed by atoms with Crippen molar-refractivity contribution in [1.82, 2.24) is 0 Å². The molecule has 0 saturated carbocycles. The molecule has 0 spiro atoms. The highest BCUT2D eigenvalue weighted by atomic mass is 33.1. The molecular weight excluding hydrogens is 392 g/mol. The highest BCUT2D eigenvalue weighted by Gasteiger charge is 2.07. The number of benzene rings is 2. The molecule has 2 rings (SSSR count). The minimum Gasteiger partial charge on any atom is -0.423 e. The molecule has 6 heteroatoms. The van der Waals surface area contributed by atoms with Crippen molar-refractivity contribution in [1.29, 1.82) is 0 Å². The average Bonchev–Trinajstić information content (AvgIpc) is 2.70. The Kier molecular flexibility index (Phi) is 10.2. The summed E-state index contributed by atoms with van der Waals surface area (Å²) in [5.74, 6) is 0.0893. The number of rotatable bonds is 7. The van der Waals surface area contributed by atoms with Crippen LogP contribution < -0.4 is 9.47 Å². The van der Waals surface area contributed by atoms with E-state index in [1.807, 2.05) is 38.1 Å². The van der Waals surface area contributed by atoms with Crippen LogP contribution >= 0.6 is 21.6 Å². The molecule has 2 aromatic rings. The Labute approximate surface area is 174 Å². The lowest BCUT2D eigenvalue weighted by Crippen LogP contribution is -2.07. The fourth-order valence-electron chi connectivity index (χ4n) is 1.61. The lowest BCUT2D eigenvalue weighted by Gasteiger charge is -2.06. The van der Waals surface area contributed by atoms with E-state index < -0.39 is 11.9 Å². The summed E-state index contributed by atoms with van der Waals surface area (Å²) < 4.78 is 10.3.